The summed E-state index contributed by atoms with van der Waals surface area (Å²) in [5.41, 5.74) is 25.5. The molecule has 0 amide bonds. The number of fused-ring (bicyclic) bond motifs is 14. The van der Waals surface area contributed by atoms with Crippen LogP contribution in [0.4, 0.5) is 17.1 Å². The van der Waals surface area contributed by atoms with Crippen LogP contribution in [0.1, 0.15) is 86.8 Å². The number of para-hydroxylation sites is 2. The Bertz CT molecular complexity index is 3180. The van der Waals surface area contributed by atoms with Crippen LogP contribution < -0.4 is 4.90 Å². The molecule has 0 radical (unpaired) electrons. The molecule has 13 rings (SSSR count). The van der Waals surface area contributed by atoms with E-state index in [-0.39, 0.29) is 16.2 Å². The molecule has 0 heterocycles. The number of benzene rings is 8. The quantitative estimate of drug-likeness (QED) is 0.168. The summed E-state index contributed by atoms with van der Waals surface area (Å²) in [4.78, 5) is 2.61. The molecule has 1 spiro atoms. The van der Waals surface area contributed by atoms with Crippen LogP contribution in [0.15, 0.2) is 176 Å². The van der Waals surface area contributed by atoms with Crippen LogP contribution in [-0.2, 0) is 16.2 Å². The fourth-order valence-electron chi connectivity index (χ4n) is 13.8. The largest absolute Gasteiger partial charge is 0.309 e. The SMILES string of the molecule is CC1(C)c2ccccc2-c2c(-c3ccccc3N(c3ccc4c(c3)-c3ccccc3C43CC4CCC3C4)c3ccccc3-c3cccc4c3C(C)(C)c3ccccc3-4)cccc21. The van der Waals surface area contributed by atoms with Crippen LogP contribution in [0.25, 0.3) is 55.6 Å². The lowest BCUT2D eigenvalue weighted by atomic mass is 9.67. The van der Waals surface area contributed by atoms with Crippen LogP contribution in [0.5, 0.6) is 0 Å². The van der Waals surface area contributed by atoms with Gasteiger partial charge in [-0.05, 0) is 133 Å². The predicted molar refractivity (Wildman–Crippen MR) is 259 cm³/mol. The molecule has 1 nitrogen and oxygen atoms in total. The van der Waals surface area contributed by atoms with Crippen molar-refractivity contribution < 1.29 is 0 Å². The van der Waals surface area contributed by atoms with Gasteiger partial charge in [-0.3, -0.25) is 0 Å². The Kier molecular flexibility index (Phi) is 7.48. The number of rotatable bonds is 5. The lowest BCUT2D eigenvalue weighted by molar-refractivity contribution is 0.327. The van der Waals surface area contributed by atoms with Gasteiger partial charge >= 0.3 is 0 Å². The first-order valence-electron chi connectivity index (χ1n) is 23.0. The summed E-state index contributed by atoms with van der Waals surface area (Å²) in [5, 5.41) is 0. The monoisotopic (exact) mass is 797 g/mol. The van der Waals surface area contributed by atoms with E-state index in [1.54, 1.807) is 11.1 Å². The van der Waals surface area contributed by atoms with Crippen LogP contribution in [0.3, 0.4) is 0 Å². The van der Waals surface area contributed by atoms with Gasteiger partial charge in [-0.2, -0.15) is 0 Å². The van der Waals surface area contributed by atoms with Gasteiger partial charge in [-0.25, -0.2) is 0 Å². The maximum atomic E-state index is 2.61. The molecule has 2 bridgehead atoms. The molecular formula is C61H51N. The molecule has 0 aliphatic heterocycles. The zero-order chi connectivity index (χ0) is 41.5. The highest BCUT2D eigenvalue weighted by Gasteiger charge is 2.56. The molecule has 0 aromatic heterocycles. The summed E-state index contributed by atoms with van der Waals surface area (Å²) in [5.74, 6) is 1.55. The summed E-state index contributed by atoms with van der Waals surface area (Å²) >= 11 is 0. The fraction of sp³-hybridized carbons (Fsp3) is 0.213. The Morgan fingerprint density at radius 1 is 0.403 bits per heavy atom. The second kappa shape index (κ2) is 12.8. The van der Waals surface area contributed by atoms with Gasteiger partial charge in [-0.15, -0.1) is 0 Å². The summed E-state index contributed by atoms with van der Waals surface area (Å²) in [6.07, 6.45) is 5.38. The number of anilines is 3. The van der Waals surface area contributed by atoms with E-state index in [1.807, 2.05) is 0 Å². The zero-order valence-corrected chi connectivity index (χ0v) is 36.2. The van der Waals surface area contributed by atoms with E-state index in [1.165, 1.54) is 121 Å². The molecule has 0 N–H and O–H groups in total. The highest BCUT2D eigenvalue weighted by molar-refractivity contribution is 6.01. The van der Waals surface area contributed by atoms with E-state index < -0.39 is 0 Å². The Labute approximate surface area is 366 Å². The van der Waals surface area contributed by atoms with Crippen LogP contribution >= 0.6 is 0 Å². The third-order valence-electron chi connectivity index (χ3n) is 16.3. The molecule has 8 aromatic carbocycles. The van der Waals surface area contributed by atoms with E-state index in [4.69, 9.17) is 0 Å². The molecule has 300 valence electrons. The van der Waals surface area contributed by atoms with Gasteiger partial charge in [-0.1, -0.05) is 186 Å². The molecule has 3 unspecified atom stereocenters. The number of nitrogens with zero attached hydrogens (tertiary/aromatic N) is 1. The van der Waals surface area contributed by atoms with Gasteiger partial charge < -0.3 is 4.90 Å². The first-order chi connectivity index (χ1) is 30.3. The van der Waals surface area contributed by atoms with Crippen molar-refractivity contribution in [3.8, 4) is 55.6 Å². The van der Waals surface area contributed by atoms with E-state index >= 15 is 0 Å². The van der Waals surface area contributed by atoms with Crippen molar-refractivity contribution >= 4 is 17.1 Å². The lowest BCUT2D eigenvalue weighted by Gasteiger charge is -2.37. The lowest BCUT2D eigenvalue weighted by Crippen LogP contribution is -2.31. The summed E-state index contributed by atoms with van der Waals surface area (Å²) in [6, 6.07) is 67.5. The number of hydrogen-bond acceptors (Lipinski definition) is 1. The maximum Gasteiger partial charge on any atom is 0.0540 e. The predicted octanol–water partition coefficient (Wildman–Crippen LogP) is 16.2. The van der Waals surface area contributed by atoms with Crippen LogP contribution in [-0.4, -0.2) is 0 Å². The van der Waals surface area contributed by atoms with Crippen molar-refractivity contribution in [2.24, 2.45) is 11.8 Å². The first kappa shape index (κ1) is 36.2. The first-order valence-corrected chi connectivity index (χ1v) is 23.0. The average Bonchev–Trinajstić information content (AvgIpc) is 4.10. The Hall–Kier alpha value is -6.44. The summed E-state index contributed by atoms with van der Waals surface area (Å²) < 4.78 is 0. The molecule has 3 atom stereocenters. The van der Waals surface area contributed by atoms with Crippen molar-refractivity contribution in [2.45, 2.75) is 69.6 Å². The highest BCUT2D eigenvalue weighted by atomic mass is 15.1. The van der Waals surface area contributed by atoms with E-state index in [2.05, 4.69) is 209 Å². The molecular weight excluding hydrogens is 747 g/mol. The summed E-state index contributed by atoms with van der Waals surface area (Å²) in [7, 11) is 0. The fourth-order valence-corrected chi connectivity index (χ4v) is 13.8. The van der Waals surface area contributed by atoms with Gasteiger partial charge in [0.2, 0.25) is 0 Å². The third-order valence-corrected chi connectivity index (χ3v) is 16.3. The van der Waals surface area contributed by atoms with Gasteiger partial charge in [0.25, 0.3) is 0 Å². The molecule has 1 heteroatoms. The Morgan fingerprint density at radius 2 is 0.903 bits per heavy atom. The minimum absolute atomic E-state index is 0.0930. The van der Waals surface area contributed by atoms with E-state index in [0.29, 0.717) is 0 Å². The zero-order valence-electron chi connectivity index (χ0n) is 36.2. The van der Waals surface area contributed by atoms with E-state index in [9.17, 15) is 0 Å². The van der Waals surface area contributed by atoms with Gasteiger partial charge in [0.05, 0.1) is 11.4 Å². The van der Waals surface area contributed by atoms with Crippen molar-refractivity contribution in [3.05, 3.63) is 209 Å². The van der Waals surface area contributed by atoms with Gasteiger partial charge in [0.1, 0.15) is 0 Å². The maximum absolute atomic E-state index is 2.61. The van der Waals surface area contributed by atoms with Gasteiger partial charge in [0.15, 0.2) is 0 Å². The Morgan fingerprint density at radius 3 is 1.58 bits per heavy atom. The van der Waals surface area contributed by atoms with Gasteiger partial charge in [0, 0.05) is 33.1 Å². The smallest absolute Gasteiger partial charge is 0.0540 e. The molecule has 62 heavy (non-hydrogen) atoms. The summed E-state index contributed by atoms with van der Waals surface area (Å²) in [6.45, 7) is 9.60. The minimum Gasteiger partial charge on any atom is -0.309 e. The minimum atomic E-state index is -0.157. The molecule has 0 saturated heterocycles. The molecule has 2 fully saturated rings. The number of hydrogen-bond donors (Lipinski definition) is 0. The van der Waals surface area contributed by atoms with Crippen molar-refractivity contribution in [2.75, 3.05) is 4.90 Å². The second-order valence-corrected chi connectivity index (χ2v) is 20.0. The van der Waals surface area contributed by atoms with Crippen molar-refractivity contribution in [1.29, 1.82) is 0 Å². The standard InChI is InChI=1S/C61H51N/c1-59(2)51-26-11-7-21-48(51)57-45(22-16-28-54(57)59)43-19-8-13-29-55(43)62(40-33-34-53-49(36-40)42-18-6-12-27-52(42)61(53)37-38-31-32-39(61)35-38)56-30-14-9-20-44(56)47-24-15-23-46-41-17-5-10-25-50(41)60(3,4)58(46)47/h5-30,33-34,36,38-39H,31-32,35,37H2,1-4H3. The Balaban J connectivity index is 1.08. The second-order valence-electron chi connectivity index (χ2n) is 20.0. The van der Waals surface area contributed by atoms with Crippen molar-refractivity contribution in [3.63, 3.8) is 0 Å². The molecule has 5 aliphatic rings. The topological polar surface area (TPSA) is 3.24 Å². The highest BCUT2D eigenvalue weighted by Crippen LogP contribution is 2.66. The molecule has 8 aromatic rings. The van der Waals surface area contributed by atoms with Crippen LogP contribution in [0, 0.1) is 11.8 Å². The van der Waals surface area contributed by atoms with Crippen molar-refractivity contribution in [1.82, 2.24) is 0 Å². The van der Waals surface area contributed by atoms with Crippen LogP contribution in [0.2, 0.25) is 0 Å². The molecule has 2 saturated carbocycles. The van der Waals surface area contributed by atoms with E-state index in [0.717, 1.165) is 11.8 Å². The normalized spacial score (nSPS) is 21.0. The average molecular weight is 798 g/mol. The third kappa shape index (κ3) is 4.69. The molecule has 5 aliphatic carbocycles.